The van der Waals surface area contributed by atoms with Crippen LogP contribution in [0.15, 0.2) is 53.5 Å². The first-order valence-electron chi connectivity index (χ1n) is 12.1. The minimum atomic E-state index is -0.838. The number of imide groups is 1. The van der Waals surface area contributed by atoms with Gasteiger partial charge < -0.3 is 19.8 Å². The average Bonchev–Trinajstić information content (AvgIpc) is 3.38. The van der Waals surface area contributed by atoms with E-state index >= 15 is 0 Å². The van der Waals surface area contributed by atoms with E-state index in [1.165, 1.54) is 4.90 Å². The molecule has 3 atom stereocenters. The maximum absolute atomic E-state index is 13.1. The highest BCUT2D eigenvalue weighted by molar-refractivity contribution is 6.05. The first-order chi connectivity index (χ1) is 17.0. The van der Waals surface area contributed by atoms with Gasteiger partial charge in [0.05, 0.1) is 6.42 Å². The van der Waals surface area contributed by atoms with Crippen LogP contribution in [0.4, 0.5) is 4.79 Å². The van der Waals surface area contributed by atoms with Gasteiger partial charge in [0.1, 0.15) is 6.04 Å². The molecule has 180 valence electrons. The molecule has 1 aromatic carbocycles. The number of nitrogens with zero attached hydrogens (tertiary/aromatic N) is 3. The summed E-state index contributed by atoms with van der Waals surface area (Å²) in [6.07, 6.45) is 3.35. The van der Waals surface area contributed by atoms with E-state index in [4.69, 9.17) is 0 Å². The SMILES string of the molecule is O=C(C[C@@H]1NC(=O)N(CCc2c[nH]c3ccccc23)C1=O)N1CC2CC(C1)c1cccc(=O)n1C2. The number of aromatic amines is 1. The molecule has 3 aromatic rings. The topological polar surface area (TPSA) is 108 Å². The predicted octanol–water partition coefficient (Wildman–Crippen LogP) is 1.83. The van der Waals surface area contributed by atoms with Gasteiger partial charge in [-0.1, -0.05) is 24.3 Å². The number of para-hydroxylation sites is 1. The number of fused-ring (bicyclic) bond motifs is 5. The maximum atomic E-state index is 13.1. The summed E-state index contributed by atoms with van der Waals surface area (Å²) in [4.78, 5) is 57.1. The summed E-state index contributed by atoms with van der Waals surface area (Å²) in [7, 11) is 0. The highest BCUT2D eigenvalue weighted by Crippen LogP contribution is 2.35. The third kappa shape index (κ3) is 3.80. The Morgan fingerprint density at radius 1 is 1.00 bits per heavy atom. The number of nitrogens with one attached hydrogen (secondary N) is 2. The fraction of sp³-hybridized carbons (Fsp3) is 0.385. The third-order valence-electron chi connectivity index (χ3n) is 7.60. The molecule has 4 amide bonds. The lowest BCUT2D eigenvalue weighted by atomic mass is 9.83. The molecule has 9 nitrogen and oxygen atoms in total. The van der Waals surface area contributed by atoms with Gasteiger partial charge in [0.2, 0.25) is 5.91 Å². The molecule has 2 bridgehead atoms. The van der Waals surface area contributed by atoms with Crippen molar-refractivity contribution >= 4 is 28.7 Å². The second-order valence-electron chi connectivity index (χ2n) is 9.80. The summed E-state index contributed by atoms with van der Waals surface area (Å²) in [5, 5.41) is 3.78. The molecule has 0 aliphatic carbocycles. The number of piperidine rings is 1. The van der Waals surface area contributed by atoms with Crippen molar-refractivity contribution in [1.29, 1.82) is 0 Å². The van der Waals surface area contributed by atoms with E-state index in [0.717, 1.165) is 28.6 Å². The summed E-state index contributed by atoms with van der Waals surface area (Å²) in [5.74, 6) is -0.158. The van der Waals surface area contributed by atoms with Gasteiger partial charge in [-0.2, -0.15) is 0 Å². The van der Waals surface area contributed by atoms with Gasteiger partial charge in [-0.3, -0.25) is 19.3 Å². The van der Waals surface area contributed by atoms with E-state index in [-0.39, 0.29) is 42.2 Å². The van der Waals surface area contributed by atoms with Crippen LogP contribution < -0.4 is 10.9 Å². The van der Waals surface area contributed by atoms with Crippen LogP contribution in [0.25, 0.3) is 10.9 Å². The lowest BCUT2D eigenvalue weighted by Crippen LogP contribution is -2.50. The number of aromatic nitrogens is 2. The van der Waals surface area contributed by atoms with Crippen molar-refractivity contribution in [1.82, 2.24) is 24.7 Å². The van der Waals surface area contributed by atoms with Crippen LogP contribution in [0, 0.1) is 5.92 Å². The molecule has 2 unspecified atom stereocenters. The van der Waals surface area contributed by atoms with Crippen LogP contribution >= 0.6 is 0 Å². The van der Waals surface area contributed by atoms with Gasteiger partial charge in [0.25, 0.3) is 11.5 Å². The zero-order valence-corrected chi connectivity index (χ0v) is 19.3. The number of hydrogen-bond donors (Lipinski definition) is 2. The van der Waals surface area contributed by atoms with Crippen molar-refractivity contribution in [2.75, 3.05) is 19.6 Å². The molecule has 0 spiro atoms. The number of benzene rings is 1. The molecular formula is C26H27N5O4. The average molecular weight is 474 g/mol. The fourth-order valence-electron chi connectivity index (χ4n) is 5.90. The first kappa shape index (κ1) is 21.6. The van der Waals surface area contributed by atoms with E-state index in [1.54, 1.807) is 17.0 Å². The van der Waals surface area contributed by atoms with Crippen LogP contribution in [0.1, 0.15) is 30.0 Å². The Hall–Kier alpha value is -3.88. The predicted molar refractivity (Wildman–Crippen MR) is 129 cm³/mol. The van der Waals surface area contributed by atoms with Gasteiger partial charge in [-0.15, -0.1) is 0 Å². The van der Waals surface area contributed by atoms with Crippen molar-refractivity contribution in [3.63, 3.8) is 0 Å². The van der Waals surface area contributed by atoms with Gasteiger partial charge in [-0.25, -0.2) is 4.79 Å². The lowest BCUT2D eigenvalue weighted by molar-refractivity contribution is -0.137. The molecule has 9 heteroatoms. The number of amides is 4. The molecule has 3 aliphatic heterocycles. The molecule has 0 saturated carbocycles. The Morgan fingerprint density at radius 2 is 1.86 bits per heavy atom. The minimum Gasteiger partial charge on any atom is -0.361 e. The number of pyridine rings is 1. The smallest absolute Gasteiger partial charge is 0.324 e. The number of urea groups is 1. The Balaban J connectivity index is 1.10. The summed E-state index contributed by atoms with van der Waals surface area (Å²) >= 11 is 0. The molecular weight excluding hydrogens is 446 g/mol. The second kappa shape index (κ2) is 8.41. The number of carbonyl (C=O) groups excluding carboxylic acids is 3. The van der Waals surface area contributed by atoms with E-state index in [1.807, 2.05) is 41.1 Å². The molecule has 3 aliphatic rings. The van der Waals surface area contributed by atoms with Crippen molar-refractivity contribution in [3.05, 3.63) is 70.3 Å². The van der Waals surface area contributed by atoms with Gasteiger partial charge in [0.15, 0.2) is 0 Å². The van der Waals surface area contributed by atoms with Crippen LogP contribution in [0.2, 0.25) is 0 Å². The van der Waals surface area contributed by atoms with Crippen molar-refractivity contribution in [2.45, 2.75) is 37.8 Å². The summed E-state index contributed by atoms with van der Waals surface area (Å²) < 4.78 is 1.83. The molecule has 2 aromatic heterocycles. The van der Waals surface area contributed by atoms with Gasteiger partial charge in [-0.05, 0) is 36.5 Å². The van der Waals surface area contributed by atoms with E-state index in [9.17, 15) is 19.2 Å². The van der Waals surface area contributed by atoms with Crippen LogP contribution in [0.5, 0.6) is 0 Å². The monoisotopic (exact) mass is 473 g/mol. The van der Waals surface area contributed by atoms with Crippen LogP contribution in [-0.2, 0) is 22.6 Å². The largest absolute Gasteiger partial charge is 0.361 e. The number of rotatable bonds is 5. The standard InChI is InChI=1S/C26H27N5O4/c32-23-7-3-6-22-18-10-16(14-31(22)23)13-29(15-18)24(33)11-21-25(34)30(26(35)28-21)9-8-17-12-27-20-5-2-1-4-19(17)20/h1-7,12,16,18,21,27H,8-11,13-15H2,(H,28,35)/t16?,18?,21-/m0/s1. The Morgan fingerprint density at radius 3 is 2.74 bits per heavy atom. The minimum absolute atomic E-state index is 0.00368. The molecule has 2 fully saturated rings. The quantitative estimate of drug-likeness (QED) is 0.551. The highest BCUT2D eigenvalue weighted by Gasteiger charge is 2.41. The molecule has 2 saturated heterocycles. The van der Waals surface area contributed by atoms with Crippen molar-refractivity contribution < 1.29 is 14.4 Å². The summed E-state index contributed by atoms with van der Waals surface area (Å²) in [5.41, 5.74) is 3.03. The summed E-state index contributed by atoms with van der Waals surface area (Å²) in [6, 6.07) is 11.9. The lowest BCUT2D eigenvalue weighted by Gasteiger charge is -2.43. The fourth-order valence-corrected chi connectivity index (χ4v) is 5.90. The van der Waals surface area contributed by atoms with E-state index in [0.29, 0.717) is 26.1 Å². The second-order valence-corrected chi connectivity index (χ2v) is 9.80. The zero-order valence-electron chi connectivity index (χ0n) is 19.3. The Bertz CT molecular complexity index is 1390. The Kier molecular flexibility index (Phi) is 5.20. The molecule has 35 heavy (non-hydrogen) atoms. The van der Waals surface area contributed by atoms with Crippen LogP contribution in [0.3, 0.4) is 0 Å². The Labute approximate surface area is 201 Å². The highest BCUT2D eigenvalue weighted by atomic mass is 16.2. The number of carbonyl (C=O) groups is 3. The van der Waals surface area contributed by atoms with E-state index in [2.05, 4.69) is 10.3 Å². The van der Waals surface area contributed by atoms with Crippen molar-refractivity contribution in [3.8, 4) is 0 Å². The summed E-state index contributed by atoms with van der Waals surface area (Å²) in [6.45, 7) is 1.96. The number of hydrogen-bond acceptors (Lipinski definition) is 4. The number of H-pyrrole nitrogens is 1. The van der Waals surface area contributed by atoms with Crippen LogP contribution in [-0.4, -0.2) is 62.9 Å². The molecule has 6 rings (SSSR count). The maximum Gasteiger partial charge on any atom is 0.324 e. The first-order valence-corrected chi connectivity index (χ1v) is 12.1. The van der Waals surface area contributed by atoms with Crippen molar-refractivity contribution in [2.24, 2.45) is 5.92 Å². The number of likely N-dealkylation sites (tertiary alicyclic amines) is 1. The molecule has 2 N–H and O–H groups in total. The normalized spacial score (nSPS) is 23.5. The van der Waals surface area contributed by atoms with Gasteiger partial charge in [0, 0.05) is 61.0 Å². The third-order valence-corrected chi connectivity index (χ3v) is 7.60. The molecule has 5 heterocycles. The van der Waals surface area contributed by atoms with Gasteiger partial charge >= 0.3 is 6.03 Å². The zero-order chi connectivity index (χ0) is 24.1. The molecule has 0 radical (unpaired) electrons. The van der Waals surface area contributed by atoms with E-state index < -0.39 is 12.1 Å².